The summed E-state index contributed by atoms with van der Waals surface area (Å²) in [6.45, 7) is 3.95. The normalized spacial score (nSPS) is 12.6. The third kappa shape index (κ3) is 4.28. The topological polar surface area (TPSA) is 44.3 Å². The summed E-state index contributed by atoms with van der Waals surface area (Å²) in [6, 6.07) is 4.88. The molecule has 3 nitrogen and oxygen atoms in total. The first kappa shape index (κ1) is 13.1. The standard InChI is InChI=1S/C11H16FNO2S/c1-8(2)13-9-4-5-11(10(12)6-9)15-7-16(3)14/h4-6,8,13H,7H2,1-3H3. The van der Waals surface area contributed by atoms with Gasteiger partial charge in [-0.3, -0.25) is 0 Å². The van der Waals surface area contributed by atoms with Crippen LogP contribution in [0, 0.1) is 5.82 Å². The molecular formula is C11H16FNO2S. The molecule has 0 radical (unpaired) electrons. The molecule has 0 saturated heterocycles. The van der Waals surface area contributed by atoms with Crippen molar-refractivity contribution < 1.29 is 13.7 Å². The molecule has 5 heteroatoms. The second kappa shape index (κ2) is 5.96. The summed E-state index contributed by atoms with van der Waals surface area (Å²) in [6.07, 6.45) is 1.51. The van der Waals surface area contributed by atoms with Gasteiger partial charge in [0.25, 0.3) is 0 Å². The molecule has 0 amide bonds. The second-order valence-corrected chi connectivity index (χ2v) is 5.16. The van der Waals surface area contributed by atoms with E-state index < -0.39 is 17.0 Å². The van der Waals surface area contributed by atoms with Gasteiger partial charge in [-0.15, -0.1) is 0 Å². The molecule has 0 saturated carbocycles. The van der Waals surface area contributed by atoms with Crippen LogP contribution in [0.2, 0.25) is 0 Å². The summed E-state index contributed by atoms with van der Waals surface area (Å²) >= 11 is -1.09. The van der Waals surface area contributed by atoms with Gasteiger partial charge in [-0.2, -0.15) is 0 Å². The molecule has 1 aromatic carbocycles. The first-order valence-electron chi connectivity index (χ1n) is 4.98. The van der Waals surface area contributed by atoms with Crippen molar-refractivity contribution in [3.05, 3.63) is 24.0 Å². The molecule has 0 bridgehead atoms. The highest BCUT2D eigenvalue weighted by molar-refractivity contribution is 7.90. The van der Waals surface area contributed by atoms with E-state index in [1.165, 1.54) is 18.4 Å². The van der Waals surface area contributed by atoms with Crippen LogP contribution in [0.1, 0.15) is 13.8 Å². The van der Waals surface area contributed by atoms with Crippen molar-refractivity contribution in [3.63, 3.8) is 0 Å². The molecule has 1 N–H and O–H groups in total. The zero-order chi connectivity index (χ0) is 12.1. The van der Waals surface area contributed by atoms with Crippen LogP contribution in [0.3, 0.4) is 0 Å². The van der Waals surface area contributed by atoms with E-state index in [-0.39, 0.29) is 17.7 Å². The molecule has 0 aromatic heterocycles. The molecule has 1 unspecified atom stereocenters. The molecule has 1 rings (SSSR count). The SMILES string of the molecule is CC(C)Nc1ccc(OC[S+](C)[O-])c(F)c1. The molecule has 1 aromatic rings. The maximum Gasteiger partial charge on any atom is 0.244 e. The van der Waals surface area contributed by atoms with E-state index in [1.807, 2.05) is 13.8 Å². The lowest BCUT2D eigenvalue weighted by Crippen LogP contribution is -2.12. The van der Waals surface area contributed by atoms with Crippen molar-refractivity contribution in [2.24, 2.45) is 0 Å². The Morgan fingerprint density at radius 3 is 2.69 bits per heavy atom. The van der Waals surface area contributed by atoms with E-state index in [2.05, 4.69) is 5.32 Å². The highest BCUT2D eigenvalue weighted by atomic mass is 32.2. The van der Waals surface area contributed by atoms with Crippen molar-refractivity contribution in [2.75, 3.05) is 17.5 Å². The van der Waals surface area contributed by atoms with E-state index in [4.69, 9.17) is 4.74 Å². The lowest BCUT2D eigenvalue weighted by atomic mass is 10.2. The van der Waals surface area contributed by atoms with Crippen LogP contribution in [0.25, 0.3) is 0 Å². The van der Waals surface area contributed by atoms with Crippen molar-refractivity contribution >= 4 is 16.9 Å². The summed E-state index contributed by atoms with van der Waals surface area (Å²) in [4.78, 5) is 0. The number of nitrogens with one attached hydrogen (secondary N) is 1. The van der Waals surface area contributed by atoms with Crippen LogP contribution in [-0.2, 0) is 11.2 Å². The largest absolute Gasteiger partial charge is 0.614 e. The number of halogens is 1. The fourth-order valence-electron chi connectivity index (χ4n) is 1.19. The van der Waals surface area contributed by atoms with Crippen LogP contribution in [-0.4, -0.2) is 22.8 Å². The summed E-state index contributed by atoms with van der Waals surface area (Å²) in [5, 5.41) is 3.08. The van der Waals surface area contributed by atoms with Crippen LogP contribution >= 0.6 is 0 Å². The average Bonchev–Trinajstić information content (AvgIpc) is 2.15. The van der Waals surface area contributed by atoms with Crippen molar-refractivity contribution in [3.8, 4) is 5.75 Å². The molecule has 0 aliphatic rings. The van der Waals surface area contributed by atoms with E-state index in [0.717, 1.165) is 0 Å². The Morgan fingerprint density at radius 2 is 2.19 bits per heavy atom. The summed E-state index contributed by atoms with van der Waals surface area (Å²) in [5.74, 6) is -0.311. The minimum Gasteiger partial charge on any atom is -0.614 e. The van der Waals surface area contributed by atoms with Crippen LogP contribution in [0.4, 0.5) is 10.1 Å². The number of hydrogen-bond acceptors (Lipinski definition) is 3. The molecule has 0 spiro atoms. The van der Waals surface area contributed by atoms with Crippen LogP contribution in [0.5, 0.6) is 5.75 Å². The van der Waals surface area contributed by atoms with E-state index in [1.54, 1.807) is 6.07 Å². The summed E-state index contributed by atoms with van der Waals surface area (Å²) in [5.41, 5.74) is 0.706. The lowest BCUT2D eigenvalue weighted by molar-refractivity contribution is 0.356. The highest BCUT2D eigenvalue weighted by Crippen LogP contribution is 2.21. The van der Waals surface area contributed by atoms with Gasteiger partial charge in [0.2, 0.25) is 5.94 Å². The van der Waals surface area contributed by atoms with Crippen LogP contribution < -0.4 is 10.1 Å². The predicted octanol–water partition coefficient (Wildman–Crippen LogP) is 2.36. The van der Waals surface area contributed by atoms with Gasteiger partial charge < -0.3 is 14.6 Å². The zero-order valence-corrected chi connectivity index (χ0v) is 10.4. The molecule has 0 aliphatic heterocycles. The second-order valence-electron chi connectivity index (χ2n) is 3.78. The lowest BCUT2D eigenvalue weighted by Gasteiger charge is -2.12. The first-order chi connectivity index (χ1) is 7.49. The molecule has 16 heavy (non-hydrogen) atoms. The Hall–Kier alpha value is -0.940. The minimum absolute atomic E-state index is 0.00781. The Labute approximate surface area is 98.2 Å². The molecule has 0 aliphatic carbocycles. The predicted molar refractivity (Wildman–Crippen MR) is 64.7 cm³/mol. The fourth-order valence-corrected chi connectivity index (χ4v) is 1.48. The molecule has 1 atom stereocenters. The maximum absolute atomic E-state index is 13.5. The smallest absolute Gasteiger partial charge is 0.244 e. The van der Waals surface area contributed by atoms with Gasteiger partial charge in [0.15, 0.2) is 11.6 Å². The van der Waals surface area contributed by atoms with Crippen LogP contribution in [0.15, 0.2) is 18.2 Å². The van der Waals surface area contributed by atoms with Crippen molar-refractivity contribution in [2.45, 2.75) is 19.9 Å². The minimum atomic E-state index is -1.09. The highest BCUT2D eigenvalue weighted by Gasteiger charge is 2.07. The van der Waals surface area contributed by atoms with Gasteiger partial charge in [0.05, 0.1) is 6.26 Å². The summed E-state index contributed by atoms with van der Waals surface area (Å²) < 4.78 is 29.3. The third-order valence-corrected chi connectivity index (χ3v) is 2.22. The number of ether oxygens (including phenoxy) is 1. The number of benzene rings is 1. The third-order valence-electron chi connectivity index (χ3n) is 1.77. The van der Waals surface area contributed by atoms with E-state index >= 15 is 0 Å². The Balaban J connectivity index is 2.67. The number of hydrogen-bond donors (Lipinski definition) is 1. The van der Waals surface area contributed by atoms with Gasteiger partial charge in [0.1, 0.15) is 0 Å². The first-order valence-corrected chi connectivity index (χ1v) is 6.70. The molecule has 0 heterocycles. The Bertz CT molecular complexity index is 345. The average molecular weight is 245 g/mol. The van der Waals surface area contributed by atoms with E-state index in [0.29, 0.717) is 5.69 Å². The maximum atomic E-state index is 13.5. The molecule has 90 valence electrons. The quantitative estimate of drug-likeness (QED) is 0.810. The number of rotatable bonds is 5. The van der Waals surface area contributed by atoms with Gasteiger partial charge in [-0.25, -0.2) is 4.39 Å². The van der Waals surface area contributed by atoms with Gasteiger partial charge in [-0.1, -0.05) is 0 Å². The molecular weight excluding hydrogens is 229 g/mol. The fraction of sp³-hybridized carbons (Fsp3) is 0.455. The van der Waals surface area contributed by atoms with E-state index in [9.17, 15) is 8.94 Å². The van der Waals surface area contributed by atoms with Crippen molar-refractivity contribution in [1.29, 1.82) is 0 Å². The van der Waals surface area contributed by atoms with Gasteiger partial charge in [-0.05, 0) is 37.2 Å². The van der Waals surface area contributed by atoms with Crippen molar-refractivity contribution in [1.82, 2.24) is 0 Å². The monoisotopic (exact) mass is 245 g/mol. The molecule has 0 fully saturated rings. The van der Waals surface area contributed by atoms with Gasteiger partial charge >= 0.3 is 0 Å². The van der Waals surface area contributed by atoms with Gasteiger partial charge in [0, 0.05) is 17.8 Å². The number of anilines is 1. The zero-order valence-electron chi connectivity index (χ0n) is 9.62. The Kier molecular flexibility index (Phi) is 4.89. The summed E-state index contributed by atoms with van der Waals surface area (Å²) in [7, 11) is 0. The Morgan fingerprint density at radius 1 is 1.50 bits per heavy atom.